The van der Waals surface area contributed by atoms with Crippen LogP contribution in [-0.2, 0) is 6.54 Å². The summed E-state index contributed by atoms with van der Waals surface area (Å²) >= 11 is 0. The lowest BCUT2D eigenvalue weighted by Gasteiger charge is -2.36. The first-order valence-electron chi connectivity index (χ1n) is 12.4. The fraction of sp³-hybridized carbons (Fsp3) is 0.444. The van der Waals surface area contributed by atoms with Gasteiger partial charge in [0.1, 0.15) is 0 Å². The van der Waals surface area contributed by atoms with Crippen LogP contribution in [0.5, 0.6) is 0 Å². The van der Waals surface area contributed by atoms with Crippen molar-refractivity contribution in [3.63, 3.8) is 0 Å². The Kier molecular flexibility index (Phi) is 6.37. The number of nitrogens with one attached hydrogen (secondary N) is 1. The average Bonchev–Trinajstić information content (AvgIpc) is 3.65. The third kappa shape index (κ3) is 4.99. The van der Waals surface area contributed by atoms with Gasteiger partial charge in [-0.05, 0) is 48.9 Å². The summed E-state index contributed by atoms with van der Waals surface area (Å²) in [6.07, 6.45) is 2.78. The zero-order chi connectivity index (χ0) is 23.7. The maximum Gasteiger partial charge on any atom is 0.276 e. The first kappa shape index (κ1) is 22.6. The number of benzene rings is 2. The maximum atomic E-state index is 13.3. The van der Waals surface area contributed by atoms with Gasteiger partial charge in [-0.2, -0.15) is 5.10 Å². The minimum absolute atomic E-state index is 0.163. The van der Waals surface area contributed by atoms with E-state index in [9.17, 15) is 9.59 Å². The number of amides is 1. The Balaban J connectivity index is 1.35. The summed E-state index contributed by atoms with van der Waals surface area (Å²) in [5, 5.41) is 8.57. The fourth-order valence-electron chi connectivity index (χ4n) is 4.70. The van der Waals surface area contributed by atoms with E-state index in [0.717, 1.165) is 43.5 Å². The predicted octanol–water partition coefficient (Wildman–Crippen LogP) is 3.84. The number of aromatic nitrogens is 2. The zero-order valence-corrected chi connectivity index (χ0v) is 20.0. The Morgan fingerprint density at radius 1 is 1.03 bits per heavy atom. The van der Waals surface area contributed by atoms with Crippen molar-refractivity contribution < 1.29 is 4.79 Å². The summed E-state index contributed by atoms with van der Waals surface area (Å²) in [5.74, 6) is 0.855. The smallest absolute Gasteiger partial charge is 0.276 e. The molecule has 1 N–H and O–H groups in total. The molecule has 1 saturated heterocycles. The molecule has 0 radical (unpaired) electrons. The molecule has 7 nitrogen and oxygen atoms in total. The lowest BCUT2D eigenvalue weighted by atomic mass is 10.1. The van der Waals surface area contributed by atoms with Gasteiger partial charge in [-0.15, -0.1) is 0 Å². The van der Waals surface area contributed by atoms with Crippen LogP contribution in [0.25, 0.3) is 10.8 Å². The van der Waals surface area contributed by atoms with Crippen molar-refractivity contribution in [1.29, 1.82) is 0 Å². The highest BCUT2D eigenvalue weighted by Gasteiger charge is 2.26. The molecular formula is C27H33N5O2. The van der Waals surface area contributed by atoms with Crippen LogP contribution in [0.15, 0.2) is 53.3 Å². The van der Waals surface area contributed by atoms with Crippen LogP contribution >= 0.6 is 0 Å². The van der Waals surface area contributed by atoms with Crippen molar-refractivity contribution in [2.24, 2.45) is 11.8 Å². The maximum absolute atomic E-state index is 13.3. The summed E-state index contributed by atoms with van der Waals surface area (Å²) < 4.78 is 1.42. The number of carbonyl (C=O) groups is 1. The molecule has 7 heteroatoms. The van der Waals surface area contributed by atoms with Gasteiger partial charge in [0.2, 0.25) is 0 Å². The molecule has 178 valence electrons. The second-order valence-corrected chi connectivity index (χ2v) is 10.0. The lowest BCUT2D eigenvalue weighted by molar-refractivity contribution is 0.102. The van der Waals surface area contributed by atoms with Crippen molar-refractivity contribution in [1.82, 2.24) is 14.7 Å². The number of piperazine rings is 1. The van der Waals surface area contributed by atoms with E-state index in [1.54, 1.807) is 12.1 Å². The van der Waals surface area contributed by atoms with Crippen LogP contribution in [0.3, 0.4) is 0 Å². The molecule has 2 fully saturated rings. The standard InChI is InChI=1S/C27H33N5O2/c1-19(2)17-32-27(34)24-9-4-3-8-23(24)25(29-32)26(33)28-21-6-5-7-22(16-21)31-14-12-30(13-15-31)18-20-10-11-20/h3-9,16,19-20H,10-15,17-18H2,1-2H3,(H,28,33). The van der Waals surface area contributed by atoms with Crippen LogP contribution in [0.1, 0.15) is 37.2 Å². The minimum Gasteiger partial charge on any atom is -0.369 e. The second-order valence-electron chi connectivity index (χ2n) is 10.0. The molecule has 1 aromatic heterocycles. The van der Waals surface area contributed by atoms with E-state index in [-0.39, 0.29) is 23.1 Å². The summed E-state index contributed by atoms with van der Waals surface area (Å²) in [6, 6.07) is 15.2. The molecule has 1 amide bonds. The van der Waals surface area contributed by atoms with Gasteiger partial charge < -0.3 is 10.2 Å². The highest BCUT2D eigenvalue weighted by Crippen LogP contribution is 2.30. The normalized spacial score (nSPS) is 16.9. The number of hydrogen-bond acceptors (Lipinski definition) is 5. The molecule has 0 unspecified atom stereocenters. The van der Waals surface area contributed by atoms with E-state index in [0.29, 0.717) is 17.3 Å². The third-order valence-corrected chi connectivity index (χ3v) is 6.68. The lowest BCUT2D eigenvalue weighted by Crippen LogP contribution is -2.47. The van der Waals surface area contributed by atoms with Gasteiger partial charge in [0.25, 0.3) is 11.5 Å². The number of fused-ring (bicyclic) bond motifs is 1. The van der Waals surface area contributed by atoms with Gasteiger partial charge in [-0.1, -0.05) is 38.1 Å². The Hall–Kier alpha value is -3.19. The van der Waals surface area contributed by atoms with Crippen LogP contribution in [0, 0.1) is 11.8 Å². The average molecular weight is 460 g/mol. The molecule has 1 aliphatic carbocycles. The van der Waals surface area contributed by atoms with Crippen molar-refractivity contribution in [3.05, 3.63) is 64.6 Å². The molecule has 2 aromatic carbocycles. The molecule has 1 saturated carbocycles. The van der Waals surface area contributed by atoms with Crippen molar-refractivity contribution >= 4 is 28.1 Å². The monoisotopic (exact) mass is 459 g/mol. The van der Waals surface area contributed by atoms with Crippen molar-refractivity contribution in [2.45, 2.75) is 33.2 Å². The van der Waals surface area contributed by atoms with Crippen molar-refractivity contribution in [2.75, 3.05) is 42.9 Å². The zero-order valence-electron chi connectivity index (χ0n) is 20.0. The van der Waals surface area contributed by atoms with Crippen LogP contribution in [-0.4, -0.2) is 53.3 Å². The Bertz CT molecular complexity index is 1240. The van der Waals surface area contributed by atoms with E-state index in [4.69, 9.17) is 0 Å². The topological polar surface area (TPSA) is 70.5 Å². The summed E-state index contributed by atoms with van der Waals surface area (Å²) in [6.45, 7) is 9.92. The highest BCUT2D eigenvalue weighted by molar-refractivity contribution is 6.11. The molecule has 2 aliphatic rings. The first-order valence-corrected chi connectivity index (χ1v) is 12.4. The molecule has 34 heavy (non-hydrogen) atoms. The van der Waals surface area contributed by atoms with E-state index in [1.165, 1.54) is 24.1 Å². The first-order chi connectivity index (χ1) is 16.5. The quantitative estimate of drug-likeness (QED) is 0.581. The summed E-state index contributed by atoms with van der Waals surface area (Å²) in [4.78, 5) is 31.1. The second kappa shape index (κ2) is 9.58. The van der Waals surface area contributed by atoms with Crippen LogP contribution in [0.2, 0.25) is 0 Å². The van der Waals surface area contributed by atoms with Gasteiger partial charge in [-0.25, -0.2) is 4.68 Å². The molecule has 2 heterocycles. The highest BCUT2D eigenvalue weighted by atomic mass is 16.2. The molecule has 5 rings (SSSR count). The number of anilines is 2. The predicted molar refractivity (Wildman–Crippen MR) is 137 cm³/mol. The van der Waals surface area contributed by atoms with E-state index < -0.39 is 0 Å². The van der Waals surface area contributed by atoms with Gasteiger partial charge in [0.15, 0.2) is 5.69 Å². The molecule has 0 spiro atoms. The number of hydrogen-bond donors (Lipinski definition) is 1. The molecule has 0 bridgehead atoms. The van der Waals surface area contributed by atoms with E-state index in [1.807, 2.05) is 44.2 Å². The number of nitrogens with zero attached hydrogens (tertiary/aromatic N) is 4. The van der Waals surface area contributed by atoms with Gasteiger partial charge in [0.05, 0.1) is 5.39 Å². The Morgan fingerprint density at radius 3 is 2.47 bits per heavy atom. The summed E-state index contributed by atoms with van der Waals surface area (Å²) in [7, 11) is 0. The van der Waals surface area contributed by atoms with E-state index >= 15 is 0 Å². The largest absolute Gasteiger partial charge is 0.369 e. The molecule has 0 atom stereocenters. The van der Waals surface area contributed by atoms with Gasteiger partial charge in [-0.3, -0.25) is 14.5 Å². The van der Waals surface area contributed by atoms with Gasteiger partial charge >= 0.3 is 0 Å². The molecular weight excluding hydrogens is 426 g/mol. The van der Waals surface area contributed by atoms with Crippen LogP contribution < -0.4 is 15.8 Å². The van der Waals surface area contributed by atoms with Crippen molar-refractivity contribution in [3.8, 4) is 0 Å². The van der Waals surface area contributed by atoms with Gasteiger partial charge in [0, 0.05) is 56.0 Å². The van der Waals surface area contributed by atoms with E-state index in [2.05, 4.69) is 26.3 Å². The molecule has 3 aromatic rings. The van der Waals surface area contributed by atoms with Crippen LogP contribution in [0.4, 0.5) is 11.4 Å². The molecule has 1 aliphatic heterocycles. The number of rotatable bonds is 7. The minimum atomic E-state index is -0.305. The Morgan fingerprint density at radius 2 is 1.76 bits per heavy atom. The third-order valence-electron chi connectivity index (χ3n) is 6.68. The number of carbonyl (C=O) groups excluding carboxylic acids is 1. The fourth-order valence-corrected chi connectivity index (χ4v) is 4.70. The SMILES string of the molecule is CC(C)Cn1nc(C(=O)Nc2cccc(N3CCN(CC4CC4)CC3)c2)c2ccccc2c1=O. The summed E-state index contributed by atoms with van der Waals surface area (Å²) in [5.41, 5.74) is 1.96. The Labute approximate surface area is 200 Å².